The number of carbonyl (C=O) groups excluding carboxylic acids is 1. The molecule has 0 aromatic heterocycles. The van der Waals surface area contributed by atoms with Gasteiger partial charge in [-0.3, -0.25) is 4.79 Å². The zero-order valence-electron chi connectivity index (χ0n) is 9.04. The van der Waals surface area contributed by atoms with Gasteiger partial charge in [-0.1, -0.05) is 30.3 Å². The summed E-state index contributed by atoms with van der Waals surface area (Å²) in [7, 11) is 0. The minimum absolute atomic E-state index is 0.0749. The average molecular weight is 220 g/mol. The molecule has 0 saturated carbocycles. The van der Waals surface area contributed by atoms with Gasteiger partial charge in [-0.05, 0) is 12.0 Å². The molecule has 16 heavy (non-hydrogen) atoms. The fourth-order valence-electron chi connectivity index (χ4n) is 1.83. The summed E-state index contributed by atoms with van der Waals surface area (Å²) in [5.41, 5.74) is 6.89. The molecule has 0 radical (unpaired) electrons. The van der Waals surface area contributed by atoms with Crippen molar-refractivity contribution in [3.05, 3.63) is 35.9 Å². The number of rotatable bonds is 3. The van der Waals surface area contributed by atoms with Crippen molar-refractivity contribution in [1.29, 1.82) is 0 Å². The maximum atomic E-state index is 11.8. The number of nitrogens with zero attached hydrogens (tertiary/aromatic N) is 1. The van der Waals surface area contributed by atoms with Crippen molar-refractivity contribution in [3.8, 4) is 0 Å². The predicted molar refractivity (Wildman–Crippen MR) is 60.7 cm³/mol. The lowest BCUT2D eigenvalue weighted by atomic mass is 10.0. The number of carbonyl (C=O) groups is 1. The molecule has 4 nitrogen and oxygen atoms in total. The molecule has 1 heterocycles. The van der Waals surface area contributed by atoms with Crippen molar-refractivity contribution >= 4 is 5.91 Å². The van der Waals surface area contributed by atoms with Crippen LogP contribution in [0.5, 0.6) is 0 Å². The van der Waals surface area contributed by atoms with Gasteiger partial charge in [0.1, 0.15) is 0 Å². The highest BCUT2D eigenvalue weighted by atomic mass is 16.3. The lowest BCUT2D eigenvalue weighted by molar-refractivity contribution is -0.142. The normalized spacial score (nSPS) is 18.0. The Balaban J connectivity index is 1.88. The Kier molecular flexibility index (Phi) is 3.22. The SMILES string of the molecule is N[C@H](Cc1ccccc1)C(=O)N1CC(O)C1. The Labute approximate surface area is 94.7 Å². The van der Waals surface area contributed by atoms with Crippen LogP contribution in [0.3, 0.4) is 0 Å². The first-order valence-electron chi connectivity index (χ1n) is 5.43. The highest BCUT2D eigenvalue weighted by molar-refractivity contribution is 5.82. The number of nitrogens with two attached hydrogens (primary N) is 1. The average Bonchev–Trinajstić information content (AvgIpc) is 2.25. The number of aliphatic hydroxyl groups is 1. The van der Waals surface area contributed by atoms with Gasteiger partial charge in [-0.2, -0.15) is 0 Å². The fourth-order valence-corrected chi connectivity index (χ4v) is 1.83. The van der Waals surface area contributed by atoms with Gasteiger partial charge in [-0.25, -0.2) is 0 Å². The lowest BCUT2D eigenvalue weighted by Crippen LogP contribution is -2.58. The Morgan fingerprint density at radius 2 is 2.06 bits per heavy atom. The van der Waals surface area contributed by atoms with Crippen LogP contribution < -0.4 is 5.73 Å². The third kappa shape index (κ3) is 2.40. The van der Waals surface area contributed by atoms with Crippen LogP contribution in [0.4, 0.5) is 0 Å². The summed E-state index contributed by atoms with van der Waals surface area (Å²) in [6.07, 6.45) is 0.180. The van der Waals surface area contributed by atoms with Gasteiger partial charge in [0.2, 0.25) is 5.91 Å². The summed E-state index contributed by atoms with van der Waals surface area (Å²) in [6, 6.07) is 9.20. The topological polar surface area (TPSA) is 66.6 Å². The third-order valence-electron chi connectivity index (χ3n) is 2.79. The van der Waals surface area contributed by atoms with E-state index in [1.165, 1.54) is 0 Å². The maximum absolute atomic E-state index is 11.8. The van der Waals surface area contributed by atoms with Crippen LogP contribution in [0.1, 0.15) is 5.56 Å². The number of hydrogen-bond acceptors (Lipinski definition) is 3. The van der Waals surface area contributed by atoms with Crippen molar-refractivity contribution in [1.82, 2.24) is 4.90 Å². The van der Waals surface area contributed by atoms with Gasteiger partial charge in [0.25, 0.3) is 0 Å². The van der Waals surface area contributed by atoms with E-state index in [-0.39, 0.29) is 12.0 Å². The Hall–Kier alpha value is -1.39. The molecule has 86 valence electrons. The summed E-state index contributed by atoms with van der Waals surface area (Å²) < 4.78 is 0. The summed E-state index contributed by atoms with van der Waals surface area (Å²) in [4.78, 5) is 13.4. The minimum atomic E-state index is -0.505. The summed E-state index contributed by atoms with van der Waals surface area (Å²) in [5.74, 6) is -0.0749. The van der Waals surface area contributed by atoms with Crippen LogP contribution in [0.15, 0.2) is 30.3 Å². The van der Waals surface area contributed by atoms with E-state index in [1.807, 2.05) is 30.3 Å². The first-order valence-corrected chi connectivity index (χ1v) is 5.43. The van der Waals surface area contributed by atoms with E-state index >= 15 is 0 Å². The van der Waals surface area contributed by atoms with Crippen molar-refractivity contribution in [2.24, 2.45) is 5.73 Å². The lowest BCUT2D eigenvalue weighted by Gasteiger charge is -2.37. The van der Waals surface area contributed by atoms with Crippen molar-refractivity contribution < 1.29 is 9.90 Å². The zero-order valence-corrected chi connectivity index (χ0v) is 9.04. The monoisotopic (exact) mass is 220 g/mol. The molecule has 1 atom stereocenters. The number of amides is 1. The molecule has 4 heteroatoms. The van der Waals surface area contributed by atoms with E-state index < -0.39 is 6.04 Å². The number of aliphatic hydroxyl groups excluding tert-OH is 1. The summed E-state index contributed by atoms with van der Waals surface area (Å²) in [5, 5.41) is 9.10. The molecule has 1 aliphatic rings. The third-order valence-corrected chi connectivity index (χ3v) is 2.79. The molecule has 1 saturated heterocycles. The van der Waals surface area contributed by atoms with Crippen LogP contribution in [-0.4, -0.2) is 41.1 Å². The van der Waals surface area contributed by atoms with Crippen LogP contribution in [-0.2, 0) is 11.2 Å². The largest absolute Gasteiger partial charge is 0.389 e. The van der Waals surface area contributed by atoms with Gasteiger partial charge in [0, 0.05) is 13.1 Å². The van der Waals surface area contributed by atoms with Crippen LogP contribution in [0, 0.1) is 0 Å². The molecule has 1 aromatic rings. The quantitative estimate of drug-likeness (QED) is 0.738. The molecule has 1 amide bonds. The Morgan fingerprint density at radius 1 is 1.44 bits per heavy atom. The second kappa shape index (κ2) is 4.63. The van der Waals surface area contributed by atoms with E-state index in [0.717, 1.165) is 5.56 Å². The molecule has 1 aromatic carbocycles. The van der Waals surface area contributed by atoms with E-state index in [4.69, 9.17) is 10.8 Å². The molecule has 1 fully saturated rings. The Morgan fingerprint density at radius 3 is 2.62 bits per heavy atom. The highest BCUT2D eigenvalue weighted by Gasteiger charge is 2.31. The van der Waals surface area contributed by atoms with E-state index in [9.17, 15) is 4.79 Å². The number of β-amino-alcohol motifs (C(OH)–C–C–N with tert-alkyl or cyclic N) is 1. The van der Waals surface area contributed by atoms with Gasteiger partial charge in [-0.15, -0.1) is 0 Å². The maximum Gasteiger partial charge on any atom is 0.240 e. The number of likely N-dealkylation sites (tertiary alicyclic amines) is 1. The summed E-state index contributed by atoms with van der Waals surface area (Å²) in [6.45, 7) is 0.836. The molecule has 1 aliphatic heterocycles. The molecule has 0 unspecified atom stereocenters. The van der Waals surface area contributed by atoms with E-state index in [0.29, 0.717) is 19.5 Å². The molecule has 0 spiro atoms. The summed E-state index contributed by atoms with van der Waals surface area (Å²) >= 11 is 0. The van der Waals surface area contributed by atoms with Crippen LogP contribution in [0.2, 0.25) is 0 Å². The fraction of sp³-hybridized carbons (Fsp3) is 0.417. The molecule has 0 aliphatic carbocycles. The second-order valence-electron chi connectivity index (χ2n) is 4.19. The highest BCUT2D eigenvalue weighted by Crippen LogP contribution is 2.11. The van der Waals surface area contributed by atoms with Crippen LogP contribution in [0.25, 0.3) is 0 Å². The zero-order chi connectivity index (χ0) is 11.5. The molecule has 2 rings (SSSR count). The first-order chi connectivity index (χ1) is 7.66. The van der Waals surface area contributed by atoms with Gasteiger partial charge in [0.05, 0.1) is 12.1 Å². The first kappa shape index (κ1) is 11.1. The van der Waals surface area contributed by atoms with E-state index in [1.54, 1.807) is 4.90 Å². The predicted octanol–water partition coefficient (Wildman–Crippen LogP) is -0.241. The van der Waals surface area contributed by atoms with Crippen molar-refractivity contribution in [2.45, 2.75) is 18.6 Å². The standard InChI is InChI=1S/C12H16N2O2/c13-11(6-9-4-2-1-3-5-9)12(16)14-7-10(15)8-14/h1-5,10-11,15H,6-8,13H2/t11-/m1/s1. The second-order valence-corrected chi connectivity index (χ2v) is 4.19. The molecular weight excluding hydrogens is 204 g/mol. The molecular formula is C12H16N2O2. The van der Waals surface area contributed by atoms with Crippen molar-refractivity contribution in [3.63, 3.8) is 0 Å². The van der Waals surface area contributed by atoms with Crippen LogP contribution >= 0.6 is 0 Å². The van der Waals surface area contributed by atoms with Gasteiger partial charge >= 0.3 is 0 Å². The van der Waals surface area contributed by atoms with Crippen molar-refractivity contribution in [2.75, 3.05) is 13.1 Å². The number of hydrogen-bond donors (Lipinski definition) is 2. The van der Waals surface area contributed by atoms with E-state index in [2.05, 4.69) is 0 Å². The van der Waals surface area contributed by atoms with Gasteiger partial charge in [0.15, 0.2) is 0 Å². The van der Waals surface area contributed by atoms with Gasteiger partial charge < -0.3 is 15.7 Å². The number of benzene rings is 1. The molecule has 3 N–H and O–H groups in total. The molecule has 0 bridgehead atoms. The smallest absolute Gasteiger partial charge is 0.240 e. The Bertz CT molecular complexity index is 361. The minimum Gasteiger partial charge on any atom is -0.389 e.